The molecule has 0 saturated heterocycles. The molecule has 0 unspecified atom stereocenters. The molecular formula is C65H43NS. The summed E-state index contributed by atoms with van der Waals surface area (Å²) in [4.78, 5) is 2.52. The highest BCUT2D eigenvalue weighted by molar-refractivity contribution is 7.25. The lowest BCUT2D eigenvalue weighted by molar-refractivity contribution is 0.768. The van der Waals surface area contributed by atoms with Crippen LogP contribution in [0.1, 0.15) is 22.3 Å². The molecule has 1 nitrogen and oxygen atoms in total. The Labute approximate surface area is 395 Å². The molecule has 1 aliphatic carbocycles. The van der Waals surface area contributed by atoms with Crippen LogP contribution in [0.5, 0.6) is 0 Å². The molecule has 67 heavy (non-hydrogen) atoms. The van der Waals surface area contributed by atoms with Gasteiger partial charge in [-0.3, -0.25) is 0 Å². The first-order chi connectivity index (χ1) is 33.3. The topological polar surface area (TPSA) is 3.24 Å². The molecule has 0 aliphatic heterocycles. The minimum absolute atomic E-state index is 0.533. The third kappa shape index (κ3) is 6.22. The van der Waals surface area contributed by atoms with Crippen LogP contribution in [0.2, 0.25) is 0 Å². The minimum Gasteiger partial charge on any atom is -0.309 e. The predicted molar refractivity (Wildman–Crippen MR) is 285 cm³/mol. The van der Waals surface area contributed by atoms with E-state index < -0.39 is 5.41 Å². The van der Waals surface area contributed by atoms with Gasteiger partial charge >= 0.3 is 0 Å². The summed E-state index contributed by atoms with van der Waals surface area (Å²) in [5, 5.41) is 5.12. The molecule has 13 rings (SSSR count). The summed E-state index contributed by atoms with van der Waals surface area (Å²) in [7, 11) is 0. The predicted octanol–water partition coefficient (Wildman–Crippen LogP) is 18.0. The first-order valence-corrected chi connectivity index (χ1v) is 23.9. The summed E-state index contributed by atoms with van der Waals surface area (Å²) >= 11 is 1.87. The molecule has 0 radical (unpaired) electrons. The van der Waals surface area contributed by atoms with Gasteiger partial charge in [0.15, 0.2) is 0 Å². The van der Waals surface area contributed by atoms with Gasteiger partial charge in [-0.1, -0.05) is 218 Å². The van der Waals surface area contributed by atoms with E-state index in [1.807, 2.05) is 11.3 Å². The fourth-order valence-electron chi connectivity index (χ4n) is 11.1. The maximum absolute atomic E-state index is 2.52. The van der Waals surface area contributed by atoms with Crippen molar-refractivity contribution in [2.45, 2.75) is 5.41 Å². The molecule has 0 amide bonds. The number of hydrogen-bond acceptors (Lipinski definition) is 2. The molecule has 0 bridgehead atoms. The fraction of sp³-hybridized carbons (Fsp3) is 0.0154. The van der Waals surface area contributed by atoms with Crippen molar-refractivity contribution >= 4 is 59.3 Å². The van der Waals surface area contributed by atoms with Gasteiger partial charge < -0.3 is 4.90 Å². The van der Waals surface area contributed by atoms with Crippen LogP contribution in [0.15, 0.2) is 261 Å². The van der Waals surface area contributed by atoms with Crippen LogP contribution < -0.4 is 4.90 Å². The second-order valence-corrected chi connectivity index (χ2v) is 18.6. The number of benzene rings is 11. The summed E-state index contributed by atoms with van der Waals surface area (Å²) in [6, 6.07) is 96.4. The Balaban J connectivity index is 1.05. The Morgan fingerprint density at radius 3 is 1.67 bits per heavy atom. The molecule has 2 heteroatoms. The van der Waals surface area contributed by atoms with Gasteiger partial charge in [-0.05, 0) is 109 Å². The van der Waals surface area contributed by atoms with Gasteiger partial charge in [-0.25, -0.2) is 0 Å². The van der Waals surface area contributed by atoms with Gasteiger partial charge in [0.2, 0.25) is 0 Å². The van der Waals surface area contributed by atoms with Crippen LogP contribution in [-0.4, -0.2) is 0 Å². The highest BCUT2D eigenvalue weighted by Gasteiger charge is 2.47. The average molecular weight is 870 g/mol. The molecule has 1 aliphatic rings. The van der Waals surface area contributed by atoms with Crippen molar-refractivity contribution in [1.82, 2.24) is 0 Å². The van der Waals surface area contributed by atoms with Crippen molar-refractivity contribution < 1.29 is 0 Å². The van der Waals surface area contributed by atoms with E-state index >= 15 is 0 Å². The van der Waals surface area contributed by atoms with Gasteiger partial charge in [0.05, 0.1) is 16.8 Å². The Kier molecular flexibility index (Phi) is 9.33. The molecule has 1 aromatic heterocycles. The normalized spacial score (nSPS) is 12.6. The van der Waals surface area contributed by atoms with E-state index in [0.717, 1.165) is 28.2 Å². The zero-order chi connectivity index (χ0) is 44.3. The van der Waals surface area contributed by atoms with E-state index in [4.69, 9.17) is 0 Å². The smallest absolute Gasteiger partial charge is 0.0714 e. The van der Waals surface area contributed by atoms with E-state index in [1.54, 1.807) is 0 Å². The summed E-state index contributed by atoms with van der Waals surface area (Å²) < 4.78 is 2.62. The molecule has 0 spiro atoms. The number of nitrogens with zero attached hydrogens (tertiary/aromatic N) is 1. The summed E-state index contributed by atoms with van der Waals surface area (Å²) in [5.74, 6) is 0. The van der Waals surface area contributed by atoms with Crippen LogP contribution in [-0.2, 0) is 5.41 Å². The molecular weight excluding hydrogens is 827 g/mol. The highest BCUT2D eigenvalue weighted by atomic mass is 32.1. The van der Waals surface area contributed by atoms with Crippen molar-refractivity contribution in [2.75, 3.05) is 4.90 Å². The van der Waals surface area contributed by atoms with E-state index in [2.05, 4.69) is 266 Å². The largest absolute Gasteiger partial charge is 0.309 e. The van der Waals surface area contributed by atoms with E-state index in [0.29, 0.717) is 0 Å². The van der Waals surface area contributed by atoms with Crippen LogP contribution in [0.25, 0.3) is 75.5 Å². The van der Waals surface area contributed by atoms with Crippen LogP contribution in [0, 0.1) is 0 Å². The van der Waals surface area contributed by atoms with E-state index in [1.165, 1.54) is 86.6 Å². The third-order valence-corrected chi connectivity index (χ3v) is 15.1. The lowest BCUT2D eigenvalue weighted by Crippen LogP contribution is -2.28. The Bertz CT molecular complexity index is 3760. The molecule has 0 fully saturated rings. The van der Waals surface area contributed by atoms with E-state index in [-0.39, 0.29) is 0 Å². The second kappa shape index (κ2) is 16.0. The molecule has 1 heterocycles. The lowest BCUT2D eigenvalue weighted by atomic mass is 9.68. The van der Waals surface area contributed by atoms with Crippen molar-refractivity contribution in [3.05, 3.63) is 283 Å². The van der Waals surface area contributed by atoms with Crippen LogP contribution in [0.3, 0.4) is 0 Å². The second-order valence-electron chi connectivity index (χ2n) is 17.5. The Morgan fingerprint density at radius 1 is 0.328 bits per heavy atom. The Morgan fingerprint density at radius 2 is 0.866 bits per heavy atom. The quantitative estimate of drug-likeness (QED) is 0.147. The summed E-state index contributed by atoms with van der Waals surface area (Å²) in [6.45, 7) is 0. The van der Waals surface area contributed by atoms with Crippen LogP contribution in [0.4, 0.5) is 17.1 Å². The van der Waals surface area contributed by atoms with Gasteiger partial charge in [0.1, 0.15) is 0 Å². The van der Waals surface area contributed by atoms with Crippen molar-refractivity contribution in [3.8, 4) is 44.5 Å². The number of hydrogen-bond donors (Lipinski definition) is 0. The average Bonchev–Trinajstić information content (AvgIpc) is 3.94. The number of para-hydroxylation sites is 1. The summed E-state index contributed by atoms with van der Waals surface area (Å²) in [6.07, 6.45) is 0. The maximum atomic E-state index is 2.52. The SMILES string of the molecule is c1ccc(C2(c3ccccc3)c3ccccc3-c3c(N(c4ccc(-c5cccc6sc7ccccc7c56)cc4)c4ccccc4-c4cccc(-c5cccc6ccccc56)c4)cccc32)cc1. The van der Waals surface area contributed by atoms with Crippen LogP contribution >= 0.6 is 11.3 Å². The van der Waals surface area contributed by atoms with Gasteiger partial charge in [0, 0.05) is 37.0 Å². The number of fused-ring (bicyclic) bond motifs is 7. The Hall–Kier alpha value is -8.30. The van der Waals surface area contributed by atoms with Gasteiger partial charge in [-0.2, -0.15) is 0 Å². The highest BCUT2D eigenvalue weighted by Crippen LogP contribution is 2.60. The molecule has 0 atom stereocenters. The van der Waals surface area contributed by atoms with Gasteiger partial charge in [0.25, 0.3) is 0 Å². The molecule has 0 N–H and O–H groups in total. The minimum atomic E-state index is -0.533. The lowest BCUT2D eigenvalue weighted by Gasteiger charge is -2.34. The third-order valence-electron chi connectivity index (χ3n) is 14.0. The molecule has 314 valence electrons. The number of thiophene rings is 1. The van der Waals surface area contributed by atoms with Crippen molar-refractivity contribution in [3.63, 3.8) is 0 Å². The standard InChI is InChI=1S/C65H43NS/c1-3-23-48(24-4-1)65(49-25-5-2-6-26-49)57-33-12-9-29-55(57)64-58(65)34-18-36-60(64)66(50-41-39-45(40-42-50)54-32-17-38-62-63(54)56-30-11-14-37-61(56)67-62)59-35-13-10-28-53(59)47-22-15-21-46(43-47)52-31-16-20-44-19-7-8-27-51(44)52/h1-43H. The van der Waals surface area contributed by atoms with E-state index in [9.17, 15) is 0 Å². The molecule has 11 aromatic carbocycles. The zero-order valence-corrected chi connectivity index (χ0v) is 37.5. The molecule has 12 aromatic rings. The molecule has 0 saturated carbocycles. The monoisotopic (exact) mass is 869 g/mol. The maximum Gasteiger partial charge on any atom is 0.0714 e. The number of anilines is 3. The van der Waals surface area contributed by atoms with Crippen molar-refractivity contribution in [1.29, 1.82) is 0 Å². The fourth-order valence-corrected chi connectivity index (χ4v) is 12.2. The first kappa shape index (κ1) is 39.1. The zero-order valence-electron chi connectivity index (χ0n) is 36.7. The summed E-state index contributed by atoms with van der Waals surface area (Å²) in [5.41, 5.74) is 17.5. The first-order valence-electron chi connectivity index (χ1n) is 23.1. The number of rotatable bonds is 8. The van der Waals surface area contributed by atoms with Crippen molar-refractivity contribution in [2.24, 2.45) is 0 Å². The van der Waals surface area contributed by atoms with Gasteiger partial charge in [-0.15, -0.1) is 11.3 Å².